The minimum absolute atomic E-state index is 0.0385. The summed E-state index contributed by atoms with van der Waals surface area (Å²) in [7, 11) is 0. The van der Waals surface area contributed by atoms with Crippen LogP contribution in [0.2, 0.25) is 10.0 Å². The second-order valence-corrected chi connectivity index (χ2v) is 11.2. The zero-order valence-corrected chi connectivity index (χ0v) is 24.0. The van der Waals surface area contributed by atoms with Gasteiger partial charge in [-0.05, 0) is 66.3 Å². The molecular formula is C32H31Cl2N3O4. The summed E-state index contributed by atoms with van der Waals surface area (Å²) < 4.78 is 0. The third kappa shape index (κ3) is 6.75. The maximum atomic E-state index is 13.2. The summed E-state index contributed by atoms with van der Waals surface area (Å²) in [5, 5.41) is 12.6. The fraction of sp³-hybridized carbons (Fsp3) is 0.281. The molecule has 0 bridgehead atoms. The summed E-state index contributed by atoms with van der Waals surface area (Å²) in [6, 6.07) is 19.1. The number of hydrogen-bond donors (Lipinski definition) is 2. The molecule has 0 radical (unpaired) electrons. The lowest BCUT2D eigenvalue weighted by atomic mass is 9.96. The van der Waals surface area contributed by atoms with Crippen molar-refractivity contribution in [2.24, 2.45) is 0 Å². The second kappa shape index (κ2) is 12.8. The van der Waals surface area contributed by atoms with Crippen molar-refractivity contribution in [1.29, 1.82) is 0 Å². The van der Waals surface area contributed by atoms with E-state index in [2.05, 4.69) is 22.4 Å². The van der Waals surface area contributed by atoms with E-state index in [1.807, 2.05) is 47.4 Å². The van der Waals surface area contributed by atoms with Gasteiger partial charge in [0.05, 0.1) is 15.6 Å². The molecule has 2 N–H and O–H groups in total. The van der Waals surface area contributed by atoms with Crippen molar-refractivity contribution >= 4 is 52.2 Å². The second-order valence-electron chi connectivity index (χ2n) is 10.3. The van der Waals surface area contributed by atoms with Gasteiger partial charge in [-0.25, -0.2) is 4.79 Å². The molecule has 2 aliphatic heterocycles. The van der Waals surface area contributed by atoms with Crippen LogP contribution in [-0.4, -0.2) is 60.0 Å². The molecular weight excluding hydrogens is 561 g/mol. The van der Waals surface area contributed by atoms with Gasteiger partial charge in [-0.3, -0.25) is 9.59 Å². The van der Waals surface area contributed by atoms with Crippen LogP contribution >= 0.6 is 23.2 Å². The Bertz CT molecular complexity index is 1460. The number of benzene rings is 3. The Kier molecular flexibility index (Phi) is 8.96. The van der Waals surface area contributed by atoms with Crippen LogP contribution in [0.3, 0.4) is 0 Å². The van der Waals surface area contributed by atoms with Gasteiger partial charge in [0.2, 0.25) is 0 Å². The van der Waals surface area contributed by atoms with E-state index in [9.17, 15) is 19.5 Å². The highest BCUT2D eigenvalue weighted by Gasteiger charge is 2.25. The number of carbonyl (C=O) groups excluding carboxylic acids is 2. The Morgan fingerprint density at radius 1 is 0.902 bits per heavy atom. The van der Waals surface area contributed by atoms with Crippen LogP contribution in [0.15, 0.2) is 72.8 Å². The molecule has 5 rings (SSSR count). The molecule has 0 aromatic heterocycles. The molecule has 1 atom stereocenters. The standard InChI is InChI=1S/C32H31Cl2N3O4/c33-26-7-4-8-27(34)29(26)30(38)35-28(32(40)41)19-21-9-11-22(12-10-21)23-13-17-37(18-14-23)31(39)24-5-3-6-25(20-24)36-15-1-2-16-36/h3-13,20,28H,1-2,14-19H2,(H,35,38)(H,40,41)/t28-/m0/s1. The Morgan fingerprint density at radius 2 is 1.59 bits per heavy atom. The van der Waals surface area contributed by atoms with Gasteiger partial charge >= 0.3 is 5.97 Å². The number of anilines is 1. The fourth-order valence-corrected chi connectivity index (χ4v) is 5.91. The third-order valence-electron chi connectivity index (χ3n) is 7.62. The summed E-state index contributed by atoms with van der Waals surface area (Å²) in [6.45, 7) is 3.23. The molecule has 212 valence electrons. The van der Waals surface area contributed by atoms with Crippen molar-refractivity contribution < 1.29 is 19.5 Å². The highest BCUT2D eigenvalue weighted by Crippen LogP contribution is 2.27. The number of rotatable bonds is 8. The minimum Gasteiger partial charge on any atom is -0.480 e. The summed E-state index contributed by atoms with van der Waals surface area (Å²) in [5.41, 5.74) is 4.80. The van der Waals surface area contributed by atoms with Crippen molar-refractivity contribution in [2.75, 3.05) is 31.1 Å². The highest BCUT2D eigenvalue weighted by molar-refractivity contribution is 6.39. The first-order chi connectivity index (χ1) is 19.8. The molecule has 3 aromatic carbocycles. The summed E-state index contributed by atoms with van der Waals surface area (Å²) in [5.74, 6) is -1.76. The van der Waals surface area contributed by atoms with E-state index in [4.69, 9.17) is 23.2 Å². The predicted molar refractivity (Wildman–Crippen MR) is 162 cm³/mol. The van der Waals surface area contributed by atoms with E-state index in [1.165, 1.54) is 25.0 Å². The fourth-order valence-electron chi connectivity index (χ4n) is 5.35. The topological polar surface area (TPSA) is 90.0 Å². The monoisotopic (exact) mass is 591 g/mol. The van der Waals surface area contributed by atoms with E-state index < -0.39 is 17.9 Å². The number of carboxylic acid groups (broad SMARTS) is 1. The van der Waals surface area contributed by atoms with Crippen LogP contribution in [0.1, 0.15) is 51.1 Å². The zero-order chi connectivity index (χ0) is 28.9. The Balaban J connectivity index is 1.20. The van der Waals surface area contributed by atoms with Crippen LogP contribution in [-0.2, 0) is 11.2 Å². The Labute approximate surface area is 249 Å². The van der Waals surface area contributed by atoms with Crippen LogP contribution in [0, 0.1) is 0 Å². The van der Waals surface area contributed by atoms with Crippen LogP contribution < -0.4 is 10.2 Å². The molecule has 1 saturated heterocycles. The lowest BCUT2D eigenvalue weighted by molar-refractivity contribution is -0.139. The van der Waals surface area contributed by atoms with Crippen LogP contribution in [0.5, 0.6) is 0 Å². The van der Waals surface area contributed by atoms with Crippen molar-refractivity contribution in [2.45, 2.75) is 31.7 Å². The smallest absolute Gasteiger partial charge is 0.326 e. The maximum Gasteiger partial charge on any atom is 0.326 e. The molecule has 0 spiro atoms. The number of nitrogens with one attached hydrogen (secondary N) is 1. The Hall–Kier alpha value is -3.81. The number of halogens is 2. The normalized spacial score (nSPS) is 15.8. The molecule has 0 saturated carbocycles. The molecule has 2 heterocycles. The van der Waals surface area contributed by atoms with Gasteiger partial charge in [-0.15, -0.1) is 0 Å². The lowest BCUT2D eigenvalue weighted by Crippen LogP contribution is -2.42. The number of carbonyl (C=O) groups is 3. The SMILES string of the molecule is O=C(N[C@@H](Cc1ccc(C2=CCN(C(=O)c3cccc(N4CCCC4)c3)CC2)cc1)C(=O)O)c1c(Cl)cccc1Cl. The molecule has 0 aliphatic carbocycles. The zero-order valence-electron chi connectivity index (χ0n) is 22.5. The van der Waals surface area contributed by atoms with Gasteiger partial charge in [-0.2, -0.15) is 0 Å². The average molecular weight is 593 g/mol. The largest absolute Gasteiger partial charge is 0.480 e. The molecule has 9 heteroatoms. The van der Waals surface area contributed by atoms with E-state index in [0.29, 0.717) is 18.7 Å². The Morgan fingerprint density at radius 3 is 2.22 bits per heavy atom. The van der Waals surface area contributed by atoms with Crippen molar-refractivity contribution in [3.05, 3.63) is 105 Å². The first kappa shape index (κ1) is 28.7. The maximum absolute atomic E-state index is 13.2. The molecule has 41 heavy (non-hydrogen) atoms. The van der Waals surface area contributed by atoms with Crippen molar-refractivity contribution in [1.82, 2.24) is 10.2 Å². The summed E-state index contributed by atoms with van der Waals surface area (Å²) >= 11 is 12.2. The molecule has 0 unspecified atom stereocenters. The van der Waals surface area contributed by atoms with Crippen molar-refractivity contribution in [3.63, 3.8) is 0 Å². The van der Waals surface area contributed by atoms with Crippen LogP contribution in [0.4, 0.5) is 5.69 Å². The molecule has 2 aliphatic rings. The van der Waals surface area contributed by atoms with Gasteiger partial charge in [0.1, 0.15) is 6.04 Å². The lowest BCUT2D eigenvalue weighted by Gasteiger charge is -2.27. The van der Waals surface area contributed by atoms with Gasteiger partial charge in [0.25, 0.3) is 11.8 Å². The van der Waals surface area contributed by atoms with E-state index in [-0.39, 0.29) is 27.9 Å². The summed E-state index contributed by atoms with van der Waals surface area (Å²) in [6.07, 6.45) is 5.28. The first-order valence-corrected chi connectivity index (χ1v) is 14.5. The van der Waals surface area contributed by atoms with Gasteiger partial charge in [-0.1, -0.05) is 65.7 Å². The third-order valence-corrected chi connectivity index (χ3v) is 8.25. The minimum atomic E-state index is -1.16. The molecule has 7 nitrogen and oxygen atoms in total. The van der Waals surface area contributed by atoms with E-state index in [0.717, 1.165) is 41.9 Å². The van der Waals surface area contributed by atoms with Gasteiger partial charge < -0.3 is 20.2 Å². The number of hydrogen-bond acceptors (Lipinski definition) is 4. The molecule has 3 aromatic rings. The quantitative estimate of drug-likeness (QED) is 0.338. The number of nitrogens with zero attached hydrogens (tertiary/aromatic N) is 2. The van der Waals surface area contributed by atoms with E-state index in [1.54, 1.807) is 6.07 Å². The molecule has 2 amide bonds. The predicted octanol–water partition coefficient (Wildman–Crippen LogP) is 5.95. The molecule has 1 fully saturated rings. The van der Waals surface area contributed by atoms with Crippen LogP contribution in [0.25, 0.3) is 5.57 Å². The average Bonchev–Trinajstić information content (AvgIpc) is 3.52. The van der Waals surface area contributed by atoms with Gasteiger partial charge in [0.15, 0.2) is 0 Å². The number of aliphatic carboxylic acids is 1. The number of carboxylic acids is 1. The van der Waals surface area contributed by atoms with Gasteiger partial charge in [0, 0.05) is 43.9 Å². The number of amides is 2. The van der Waals surface area contributed by atoms with Crippen molar-refractivity contribution in [3.8, 4) is 0 Å². The highest BCUT2D eigenvalue weighted by atomic mass is 35.5. The first-order valence-electron chi connectivity index (χ1n) is 13.7. The van der Waals surface area contributed by atoms with E-state index >= 15 is 0 Å². The summed E-state index contributed by atoms with van der Waals surface area (Å²) in [4.78, 5) is 42.0.